The Morgan fingerprint density at radius 2 is 1.96 bits per heavy atom. The van der Waals surface area contributed by atoms with Crippen LogP contribution in [0.15, 0.2) is 24.3 Å². The number of thiazole rings is 1. The predicted molar refractivity (Wildman–Crippen MR) is 115 cm³/mol. The van der Waals surface area contributed by atoms with Gasteiger partial charge in [0.25, 0.3) is 0 Å². The minimum absolute atomic E-state index is 0. The Morgan fingerprint density at radius 1 is 1.27 bits per heavy atom. The monoisotopic (exact) mass is 417 g/mol. The van der Waals surface area contributed by atoms with Crippen molar-refractivity contribution in [1.82, 2.24) is 15.6 Å². The van der Waals surface area contributed by atoms with Gasteiger partial charge in [0.05, 0.1) is 15.2 Å². The molecule has 2 aromatic rings. The van der Waals surface area contributed by atoms with Crippen LogP contribution in [0.4, 0.5) is 0 Å². The third-order valence-electron chi connectivity index (χ3n) is 4.92. The number of benzene rings is 1. The Hall–Kier alpha value is -0.880. The zero-order valence-electron chi connectivity index (χ0n) is 15.4. The molecule has 0 saturated carbocycles. The van der Waals surface area contributed by atoms with Crippen molar-refractivity contribution in [2.45, 2.75) is 45.6 Å². The van der Waals surface area contributed by atoms with Crippen LogP contribution >= 0.6 is 36.2 Å². The summed E-state index contributed by atoms with van der Waals surface area (Å²) in [6.45, 7) is 6.46. The fourth-order valence-electron chi connectivity index (χ4n) is 3.53. The molecule has 2 N–H and O–H groups in total. The van der Waals surface area contributed by atoms with E-state index in [4.69, 9.17) is 0 Å². The largest absolute Gasteiger partial charge is 0.353 e. The van der Waals surface area contributed by atoms with Gasteiger partial charge in [0.1, 0.15) is 0 Å². The van der Waals surface area contributed by atoms with E-state index in [1.165, 1.54) is 17.5 Å². The average Bonchev–Trinajstić information content (AvgIpc) is 2.97. The first kappa shape index (κ1) is 23.2. The van der Waals surface area contributed by atoms with E-state index in [2.05, 4.69) is 35.5 Å². The molecular weight excluding hydrogens is 389 g/mol. The van der Waals surface area contributed by atoms with Crippen LogP contribution in [0, 0.1) is 11.8 Å². The topological polar surface area (TPSA) is 54.0 Å². The third-order valence-corrected chi connectivity index (χ3v) is 5.98. The molecule has 1 aliphatic heterocycles. The SMILES string of the molecule is CC(Cc1nc2ccccc2s1)NC(=O)CC(C)C1CCNCC1.Cl.Cl. The minimum Gasteiger partial charge on any atom is -0.353 e. The summed E-state index contributed by atoms with van der Waals surface area (Å²) in [7, 11) is 0. The lowest BCUT2D eigenvalue weighted by Gasteiger charge is -2.28. The average molecular weight is 418 g/mol. The van der Waals surface area contributed by atoms with Gasteiger partial charge in [-0.25, -0.2) is 4.98 Å². The van der Waals surface area contributed by atoms with E-state index in [1.54, 1.807) is 11.3 Å². The van der Waals surface area contributed by atoms with Crippen molar-refractivity contribution in [1.29, 1.82) is 0 Å². The number of para-hydroxylation sites is 1. The van der Waals surface area contributed by atoms with Crippen LogP contribution in [-0.2, 0) is 11.2 Å². The van der Waals surface area contributed by atoms with E-state index in [1.807, 2.05) is 18.2 Å². The number of piperidine rings is 1. The summed E-state index contributed by atoms with van der Waals surface area (Å²) in [4.78, 5) is 17.0. The number of carbonyl (C=O) groups excluding carboxylic acids is 1. The molecule has 1 aromatic heterocycles. The molecule has 4 nitrogen and oxygen atoms in total. The number of halogens is 2. The number of nitrogens with zero attached hydrogens (tertiary/aromatic N) is 1. The van der Waals surface area contributed by atoms with Crippen LogP contribution in [0.1, 0.15) is 38.1 Å². The molecule has 1 amide bonds. The lowest BCUT2D eigenvalue weighted by molar-refractivity contribution is -0.122. The number of hydrogen-bond donors (Lipinski definition) is 2. The summed E-state index contributed by atoms with van der Waals surface area (Å²) in [6, 6.07) is 8.31. The molecule has 0 spiro atoms. The van der Waals surface area contributed by atoms with Gasteiger partial charge in [-0.15, -0.1) is 36.2 Å². The molecule has 0 aliphatic carbocycles. The van der Waals surface area contributed by atoms with Gasteiger partial charge < -0.3 is 10.6 Å². The van der Waals surface area contributed by atoms with Crippen LogP contribution in [0.2, 0.25) is 0 Å². The van der Waals surface area contributed by atoms with E-state index in [0.29, 0.717) is 18.3 Å². The Balaban J connectivity index is 0.00000169. The van der Waals surface area contributed by atoms with Crippen molar-refractivity contribution < 1.29 is 4.79 Å². The van der Waals surface area contributed by atoms with E-state index >= 15 is 0 Å². The summed E-state index contributed by atoms with van der Waals surface area (Å²) in [5.74, 6) is 1.31. The van der Waals surface area contributed by atoms with Crippen molar-refractivity contribution in [2.75, 3.05) is 13.1 Å². The van der Waals surface area contributed by atoms with Gasteiger partial charge in [-0.1, -0.05) is 19.1 Å². The number of amides is 1. The Kier molecular flexibility index (Phi) is 9.86. The van der Waals surface area contributed by atoms with E-state index < -0.39 is 0 Å². The van der Waals surface area contributed by atoms with Crippen molar-refractivity contribution in [2.24, 2.45) is 11.8 Å². The quantitative estimate of drug-likeness (QED) is 0.739. The summed E-state index contributed by atoms with van der Waals surface area (Å²) in [6.07, 6.45) is 3.81. The van der Waals surface area contributed by atoms with Crippen LogP contribution in [0.25, 0.3) is 10.2 Å². The molecule has 0 bridgehead atoms. The highest BCUT2D eigenvalue weighted by Crippen LogP contribution is 2.25. The Labute approximate surface area is 172 Å². The molecule has 146 valence electrons. The highest BCUT2D eigenvalue weighted by atomic mass is 35.5. The molecular formula is C19H29Cl2N3OS. The van der Waals surface area contributed by atoms with Crippen LogP contribution in [0.3, 0.4) is 0 Å². The number of rotatable bonds is 6. The molecule has 1 aliphatic rings. The lowest BCUT2D eigenvalue weighted by Crippen LogP contribution is -2.37. The Morgan fingerprint density at radius 3 is 2.65 bits per heavy atom. The standard InChI is InChI=1S/C19H27N3OS.2ClH/c1-13(15-7-9-20-10-8-15)11-18(23)21-14(2)12-19-22-16-5-3-4-6-17(16)24-19;;/h3-6,13-15,20H,7-12H2,1-2H3,(H,21,23);2*1H. The highest BCUT2D eigenvalue weighted by Gasteiger charge is 2.22. The van der Waals surface area contributed by atoms with E-state index in [0.717, 1.165) is 30.0 Å². The second-order valence-electron chi connectivity index (χ2n) is 7.02. The molecule has 2 unspecified atom stereocenters. The molecule has 1 saturated heterocycles. The first-order valence-corrected chi connectivity index (χ1v) is 9.78. The third kappa shape index (κ3) is 6.38. The van der Waals surface area contributed by atoms with Gasteiger partial charge in [0, 0.05) is 18.9 Å². The highest BCUT2D eigenvalue weighted by molar-refractivity contribution is 7.18. The van der Waals surface area contributed by atoms with Crippen LogP contribution in [-0.4, -0.2) is 30.0 Å². The molecule has 26 heavy (non-hydrogen) atoms. The second kappa shape index (κ2) is 11.1. The molecule has 3 rings (SSSR count). The maximum atomic E-state index is 12.3. The summed E-state index contributed by atoms with van der Waals surface area (Å²) >= 11 is 1.72. The second-order valence-corrected chi connectivity index (χ2v) is 8.13. The normalized spacial score (nSPS) is 17.0. The van der Waals surface area contributed by atoms with Crippen LogP contribution in [0.5, 0.6) is 0 Å². The first-order valence-electron chi connectivity index (χ1n) is 8.96. The van der Waals surface area contributed by atoms with Crippen molar-refractivity contribution >= 4 is 52.3 Å². The van der Waals surface area contributed by atoms with E-state index in [-0.39, 0.29) is 36.8 Å². The first-order chi connectivity index (χ1) is 11.6. The van der Waals surface area contributed by atoms with Crippen molar-refractivity contribution in [3.05, 3.63) is 29.3 Å². The van der Waals surface area contributed by atoms with Gasteiger partial charge in [0.2, 0.25) is 5.91 Å². The minimum atomic E-state index is 0. The summed E-state index contributed by atoms with van der Waals surface area (Å²) in [5, 5.41) is 7.63. The molecule has 0 radical (unpaired) electrons. The van der Waals surface area contributed by atoms with Gasteiger partial charge in [-0.05, 0) is 56.8 Å². The summed E-state index contributed by atoms with van der Waals surface area (Å²) in [5.41, 5.74) is 1.05. The zero-order chi connectivity index (χ0) is 16.9. The van der Waals surface area contributed by atoms with Crippen molar-refractivity contribution in [3.8, 4) is 0 Å². The van der Waals surface area contributed by atoms with Gasteiger partial charge in [-0.3, -0.25) is 4.79 Å². The zero-order valence-corrected chi connectivity index (χ0v) is 17.8. The maximum absolute atomic E-state index is 12.3. The maximum Gasteiger partial charge on any atom is 0.220 e. The number of aromatic nitrogens is 1. The fraction of sp³-hybridized carbons (Fsp3) is 0.579. The van der Waals surface area contributed by atoms with Gasteiger partial charge in [0.15, 0.2) is 0 Å². The number of carbonyl (C=O) groups is 1. The molecule has 7 heteroatoms. The Bertz CT molecular complexity index is 655. The number of fused-ring (bicyclic) bond motifs is 1. The smallest absolute Gasteiger partial charge is 0.220 e. The van der Waals surface area contributed by atoms with Crippen molar-refractivity contribution in [3.63, 3.8) is 0 Å². The van der Waals surface area contributed by atoms with E-state index in [9.17, 15) is 4.79 Å². The number of hydrogen-bond acceptors (Lipinski definition) is 4. The van der Waals surface area contributed by atoms with Gasteiger partial charge >= 0.3 is 0 Å². The van der Waals surface area contributed by atoms with Gasteiger partial charge in [-0.2, -0.15) is 0 Å². The molecule has 1 aromatic carbocycles. The fourth-order valence-corrected chi connectivity index (χ4v) is 4.62. The number of nitrogens with one attached hydrogen (secondary N) is 2. The van der Waals surface area contributed by atoms with Crippen LogP contribution < -0.4 is 10.6 Å². The predicted octanol–water partition coefficient (Wildman–Crippen LogP) is 4.21. The molecule has 1 fully saturated rings. The molecule has 2 heterocycles. The summed E-state index contributed by atoms with van der Waals surface area (Å²) < 4.78 is 1.21. The molecule has 2 atom stereocenters. The lowest BCUT2D eigenvalue weighted by atomic mass is 9.84.